The lowest BCUT2D eigenvalue weighted by Crippen LogP contribution is -2.61. The molecule has 2 aliphatic heterocycles. The largest absolute Gasteiger partial charge is 0.393 e. The summed E-state index contributed by atoms with van der Waals surface area (Å²) >= 11 is 0. The van der Waals surface area contributed by atoms with Crippen molar-refractivity contribution in [1.82, 2.24) is 0 Å². The van der Waals surface area contributed by atoms with E-state index in [2.05, 4.69) is 13.0 Å². The Bertz CT molecular complexity index is 640. The molecule has 10 nitrogen and oxygen atoms in total. The number of ether oxygens (including phenoxy) is 4. The second-order valence-electron chi connectivity index (χ2n) is 9.48. The van der Waals surface area contributed by atoms with Gasteiger partial charge in [0.1, 0.15) is 36.1 Å². The molecule has 0 saturated carbocycles. The lowest BCUT2D eigenvalue weighted by Gasteiger charge is -2.45. The van der Waals surface area contributed by atoms with Gasteiger partial charge in [-0.25, -0.2) is 0 Å². The molecule has 9 atom stereocenters. The first-order chi connectivity index (χ1) is 14.5. The molecule has 2 heterocycles. The zero-order chi connectivity index (χ0) is 23.0. The van der Waals surface area contributed by atoms with Crippen molar-refractivity contribution in [2.75, 3.05) is 19.8 Å². The summed E-state index contributed by atoms with van der Waals surface area (Å²) in [4.78, 5) is 0. The maximum atomic E-state index is 10.4. The summed E-state index contributed by atoms with van der Waals surface area (Å²) < 4.78 is 22.4. The highest BCUT2D eigenvalue weighted by Gasteiger charge is 2.50. The van der Waals surface area contributed by atoms with Crippen molar-refractivity contribution in [3.05, 3.63) is 11.6 Å². The average molecular weight is 449 g/mol. The first-order valence-corrected chi connectivity index (χ1v) is 10.8. The van der Waals surface area contributed by atoms with Gasteiger partial charge in [0.25, 0.3) is 0 Å². The van der Waals surface area contributed by atoms with Gasteiger partial charge in [-0.1, -0.05) is 11.6 Å². The topological polar surface area (TPSA) is 158 Å². The van der Waals surface area contributed by atoms with Gasteiger partial charge in [0, 0.05) is 0 Å². The lowest BCUT2D eigenvalue weighted by atomic mass is 9.79. The Labute approximate surface area is 182 Å². The summed E-state index contributed by atoms with van der Waals surface area (Å²) in [5, 5.41) is 60.4. The predicted molar refractivity (Wildman–Crippen MR) is 107 cm³/mol. The Kier molecular flexibility index (Phi) is 7.80. The molecule has 3 aliphatic rings. The normalized spacial score (nSPS) is 44.4. The van der Waals surface area contributed by atoms with Crippen LogP contribution in [0.5, 0.6) is 0 Å². The predicted octanol–water partition coefficient (Wildman–Crippen LogP) is -1.21. The second kappa shape index (κ2) is 9.68. The monoisotopic (exact) mass is 448 g/mol. The van der Waals surface area contributed by atoms with Gasteiger partial charge in [-0.2, -0.15) is 0 Å². The number of rotatable bonds is 7. The van der Waals surface area contributed by atoms with Gasteiger partial charge < -0.3 is 49.6 Å². The highest BCUT2D eigenvalue weighted by molar-refractivity contribution is 5.05. The molecule has 1 aliphatic carbocycles. The summed E-state index contributed by atoms with van der Waals surface area (Å²) in [7, 11) is 0. The summed E-state index contributed by atoms with van der Waals surface area (Å²) in [6.07, 6.45) is -4.56. The highest BCUT2D eigenvalue weighted by atomic mass is 16.7. The fraction of sp³-hybridized carbons (Fsp3) is 0.905. The van der Waals surface area contributed by atoms with Gasteiger partial charge in [0.05, 0.1) is 25.4 Å². The number of aliphatic hydroxyl groups excluding tert-OH is 5. The summed E-state index contributed by atoms with van der Waals surface area (Å²) in [6.45, 7) is 4.57. The van der Waals surface area contributed by atoms with Crippen LogP contribution in [-0.2, 0) is 18.9 Å². The lowest BCUT2D eigenvalue weighted by molar-refractivity contribution is -0.334. The van der Waals surface area contributed by atoms with E-state index in [9.17, 15) is 30.6 Å². The Hall–Kier alpha value is -0.660. The van der Waals surface area contributed by atoms with Gasteiger partial charge in [-0.3, -0.25) is 0 Å². The summed E-state index contributed by atoms with van der Waals surface area (Å²) in [6, 6.07) is 0. The van der Waals surface area contributed by atoms with Gasteiger partial charge in [-0.05, 0) is 46.0 Å². The Morgan fingerprint density at radius 2 is 1.84 bits per heavy atom. The third kappa shape index (κ3) is 5.30. The number of hydrogen-bond acceptors (Lipinski definition) is 10. The van der Waals surface area contributed by atoms with E-state index in [0.29, 0.717) is 0 Å². The molecular formula is C21H36O10. The minimum absolute atomic E-state index is 0.198. The van der Waals surface area contributed by atoms with E-state index in [-0.39, 0.29) is 19.1 Å². The van der Waals surface area contributed by atoms with Crippen molar-refractivity contribution in [1.29, 1.82) is 0 Å². The van der Waals surface area contributed by atoms with Crippen LogP contribution in [0.15, 0.2) is 11.6 Å². The fourth-order valence-corrected chi connectivity index (χ4v) is 4.27. The zero-order valence-corrected chi connectivity index (χ0v) is 18.3. The van der Waals surface area contributed by atoms with Crippen molar-refractivity contribution < 1.29 is 49.6 Å². The van der Waals surface area contributed by atoms with Crippen LogP contribution in [-0.4, -0.2) is 105 Å². The average Bonchev–Trinajstić information content (AvgIpc) is 3.02. The summed E-state index contributed by atoms with van der Waals surface area (Å²) in [5.41, 5.74) is -1.16. The minimum Gasteiger partial charge on any atom is -0.393 e. The molecule has 180 valence electrons. The molecule has 0 aromatic heterocycles. The van der Waals surface area contributed by atoms with Crippen molar-refractivity contribution >= 4 is 0 Å². The Balaban J connectivity index is 1.61. The van der Waals surface area contributed by atoms with Crippen LogP contribution in [0.25, 0.3) is 0 Å². The van der Waals surface area contributed by atoms with E-state index < -0.39 is 60.9 Å². The second-order valence-corrected chi connectivity index (χ2v) is 9.48. The molecule has 6 N–H and O–H groups in total. The molecule has 3 rings (SSSR count). The van der Waals surface area contributed by atoms with Crippen LogP contribution in [0.1, 0.15) is 40.0 Å². The van der Waals surface area contributed by atoms with E-state index in [1.165, 1.54) is 5.57 Å². The molecule has 0 unspecified atom stereocenters. The number of hydrogen-bond donors (Lipinski definition) is 6. The van der Waals surface area contributed by atoms with Crippen LogP contribution < -0.4 is 0 Å². The van der Waals surface area contributed by atoms with Gasteiger partial charge >= 0.3 is 0 Å². The van der Waals surface area contributed by atoms with Gasteiger partial charge in [0.15, 0.2) is 12.6 Å². The van der Waals surface area contributed by atoms with E-state index in [1.807, 2.05) is 13.8 Å². The van der Waals surface area contributed by atoms with Gasteiger partial charge in [0.2, 0.25) is 0 Å². The molecular weight excluding hydrogens is 412 g/mol. The highest BCUT2D eigenvalue weighted by Crippen LogP contribution is 2.37. The molecule has 0 aromatic carbocycles. The fourth-order valence-electron chi connectivity index (χ4n) is 4.27. The molecule has 0 spiro atoms. The first kappa shape index (κ1) is 25.0. The van der Waals surface area contributed by atoms with Crippen molar-refractivity contribution in [3.8, 4) is 0 Å². The molecule has 0 bridgehead atoms. The standard InChI is InChI=1S/C21H36O10/c1-11-4-6-12(7-5-11)20(2,3)31-18-16(25)15(24)14(23)13(30-18)8-28-19-17(26)21(27,9-22)10-29-19/h4,12-19,22-27H,5-10H2,1-3H3/t12-,13-,14+,15+,16-,17+,18-,19+,21+/m0/s1. The van der Waals surface area contributed by atoms with E-state index in [1.54, 1.807) is 0 Å². The molecule has 0 amide bonds. The summed E-state index contributed by atoms with van der Waals surface area (Å²) in [5.74, 6) is 0.198. The zero-order valence-electron chi connectivity index (χ0n) is 18.3. The molecule has 31 heavy (non-hydrogen) atoms. The minimum atomic E-state index is -1.84. The van der Waals surface area contributed by atoms with Crippen LogP contribution >= 0.6 is 0 Å². The molecule has 10 heteroatoms. The molecule has 0 aromatic rings. The quantitative estimate of drug-likeness (QED) is 0.261. The van der Waals surface area contributed by atoms with Gasteiger partial charge in [-0.15, -0.1) is 0 Å². The van der Waals surface area contributed by atoms with Crippen LogP contribution in [0.2, 0.25) is 0 Å². The Morgan fingerprint density at radius 3 is 2.42 bits per heavy atom. The van der Waals surface area contributed by atoms with Crippen LogP contribution in [0.3, 0.4) is 0 Å². The van der Waals surface area contributed by atoms with E-state index in [4.69, 9.17) is 18.9 Å². The number of aliphatic hydroxyl groups is 6. The number of allylic oxidation sites excluding steroid dienone is 2. The third-order valence-corrected chi connectivity index (χ3v) is 6.71. The molecule has 2 saturated heterocycles. The third-order valence-electron chi connectivity index (χ3n) is 6.71. The van der Waals surface area contributed by atoms with E-state index >= 15 is 0 Å². The maximum absolute atomic E-state index is 10.4. The molecule has 2 fully saturated rings. The SMILES string of the molecule is CC1=CC[C@H](C(C)(C)O[C@@H]2O[C@@H](CO[C@@H]3OC[C@](O)(CO)[C@@H]3O)[C@@H](O)[C@@H](O)[C@@H]2O)CC1. The first-order valence-electron chi connectivity index (χ1n) is 10.8. The van der Waals surface area contributed by atoms with Crippen LogP contribution in [0, 0.1) is 5.92 Å². The van der Waals surface area contributed by atoms with Crippen LogP contribution in [0.4, 0.5) is 0 Å². The smallest absolute Gasteiger partial charge is 0.187 e. The van der Waals surface area contributed by atoms with E-state index in [0.717, 1.165) is 19.3 Å². The van der Waals surface area contributed by atoms with Crippen molar-refractivity contribution in [3.63, 3.8) is 0 Å². The molecule has 0 radical (unpaired) electrons. The van der Waals surface area contributed by atoms with Crippen molar-refractivity contribution in [2.24, 2.45) is 5.92 Å². The van der Waals surface area contributed by atoms with Crippen molar-refractivity contribution in [2.45, 2.75) is 94.3 Å². The maximum Gasteiger partial charge on any atom is 0.187 e. The Morgan fingerprint density at radius 1 is 1.13 bits per heavy atom.